The summed E-state index contributed by atoms with van der Waals surface area (Å²) in [5, 5.41) is 16.2. The zero-order chi connectivity index (χ0) is 16.4. The van der Waals surface area contributed by atoms with Crippen molar-refractivity contribution < 1.29 is 14.6 Å². The zero-order valence-electron chi connectivity index (χ0n) is 12.3. The van der Waals surface area contributed by atoms with Crippen molar-refractivity contribution in [3.63, 3.8) is 0 Å². The Bertz CT molecular complexity index is 556. The maximum atomic E-state index is 10.4. The van der Waals surface area contributed by atoms with E-state index >= 15 is 0 Å². The van der Waals surface area contributed by atoms with E-state index in [2.05, 4.69) is 22.4 Å². The smallest absolute Gasteiger partial charge is 0.341 e. The number of ether oxygens (including phenoxy) is 1. The van der Waals surface area contributed by atoms with Crippen molar-refractivity contribution in [1.82, 2.24) is 10.7 Å². The number of carbonyl (C=O) groups is 1. The third kappa shape index (κ3) is 6.36. The van der Waals surface area contributed by atoms with Crippen LogP contribution in [0.3, 0.4) is 0 Å². The first-order chi connectivity index (χ1) is 10.6. The van der Waals surface area contributed by atoms with Gasteiger partial charge in [0.05, 0.1) is 5.71 Å². The van der Waals surface area contributed by atoms with E-state index in [1.54, 1.807) is 18.2 Å². The fourth-order valence-electron chi connectivity index (χ4n) is 1.56. The van der Waals surface area contributed by atoms with Crippen LogP contribution in [0.4, 0.5) is 0 Å². The van der Waals surface area contributed by atoms with Gasteiger partial charge in [0.25, 0.3) is 0 Å². The Morgan fingerprint density at radius 3 is 2.68 bits per heavy atom. The summed E-state index contributed by atoms with van der Waals surface area (Å²) in [5.41, 5.74) is 4.51. The molecule has 0 saturated carbocycles. The fourth-order valence-corrected chi connectivity index (χ4v) is 1.69. The molecule has 0 aromatic heterocycles. The van der Waals surface area contributed by atoms with Crippen molar-refractivity contribution in [3.05, 3.63) is 42.5 Å². The molecule has 1 aromatic carbocycles. The molecular weight excluding hydrogens is 302 g/mol. The van der Waals surface area contributed by atoms with Gasteiger partial charge in [-0.05, 0) is 48.5 Å². The van der Waals surface area contributed by atoms with Gasteiger partial charge in [-0.3, -0.25) is 5.43 Å². The number of nitrogens with one attached hydrogen (secondary N) is 2. The summed E-state index contributed by atoms with van der Waals surface area (Å²) in [4.78, 5) is 10.4. The first kappa shape index (κ1) is 17.6. The summed E-state index contributed by atoms with van der Waals surface area (Å²) in [7, 11) is 0. The summed E-state index contributed by atoms with van der Waals surface area (Å²) >= 11 is 5.06. The molecule has 0 spiro atoms. The summed E-state index contributed by atoms with van der Waals surface area (Å²) in [5.74, 6) is -0.512. The lowest BCUT2D eigenvalue weighted by atomic mass is 10.1. The van der Waals surface area contributed by atoms with E-state index in [1.165, 1.54) is 0 Å². The highest BCUT2D eigenvalue weighted by atomic mass is 32.1. The van der Waals surface area contributed by atoms with Crippen LogP contribution in [0.5, 0.6) is 5.75 Å². The number of rotatable bonds is 8. The van der Waals surface area contributed by atoms with E-state index in [9.17, 15) is 4.79 Å². The van der Waals surface area contributed by atoms with E-state index in [4.69, 9.17) is 22.1 Å². The van der Waals surface area contributed by atoms with Crippen molar-refractivity contribution >= 4 is 29.0 Å². The molecule has 0 atom stereocenters. The predicted octanol–water partition coefficient (Wildman–Crippen LogP) is 1.91. The van der Waals surface area contributed by atoms with Gasteiger partial charge in [-0.1, -0.05) is 13.0 Å². The maximum absolute atomic E-state index is 10.4. The largest absolute Gasteiger partial charge is 0.482 e. The van der Waals surface area contributed by atoms with Gasteiger partial charge in [0.15, 0.2) is 11.7 Å². The molecule has 0 saturated heterocycles. The number of carboxylic acid groups (broad SMARTS) is 1. The van der Waals surface area contributed by atoms with Crippen LogP contribution < -0.4 is 15.5 Å². The number of nitrogens with zero attached hydrogens (tertiary/aromatic N) is 1. The highest BCUT2D eigenvalue weighted by Gasteiger charge is 2.04. The second kappa shape index (κ2) is 9.51. The lowest BCUT2D eigenvalue weighted by Crippen LogP contribution is -2.32. The van der Waals surface area contributed by atoms with Gasteiger partial charge in [-0.2, -0.15) is 5.10 Å². The van der Waals surface area contributed by atoms with E-state index in [0.29, 0.717) is 23.8 Å². The van der Waals surface area contributed by atoms with E-state index in [0.717, 1.165) is 11.3 Å². The predicted molar refractivity (Wildman–Crippen MR) is 90.3 cm³/mol. The van der Waals surface area contributed by atoms with Crippen molar-refractivity contribution in [2.75, 3.05) is 13.2 Å². The molecule has 0 aliphatic heterocycles. The van der Waals surface area contributed by atoms with Gasteiger partial charge >= 0.3 is 5.97 Å². The van der Waals surface area contributed by atoms with Crippen LogP contribution in [0.1, 0.15) is 18.9 Å². The summed E-state index contributed by atoms with van der Waals surface area (Å²) in [6.07, 6.45) is 2.42. The standard InChI is InChI=1S/C15H19N3O3S/c1-3-9-16-15(22)18-17-13(4-2)11-5-7-12(8-6-11)21-10-14(19)20/h3,5-8H,1,4,9-10H2,2H3,(H,19,20)(H2,16,18,22)/b17-13-. The molecule has 7 heteroatoms. The van der Waals surface area contributed by atoms with Crippen LogP contribution in [0.2, 0.25) is 0 Å². The molecule has 0 amide bonds. The normalized spacial score (nSPS) is 10.7. The first-order valence-electron chi connectivity index (χ1n) is 6.73. The second-order valence-electron chi connectivity index (χ2n) is 4.23. The number of benzene rings is 1. The number of hydrazone groups is 1. The molecule has 118 valence electrons. The van der Waals surface area contributed by atoms with Crippen molar-refractivity contribution in [3.8, 4) is 5.75 Å². The van der Waals surface area contributed by atoms with Crippen LogP contribution in [-0.4, -0.2) is 35.1 Å². The molecule has 0 bridgehead atoms. The van der Waals surface area contributed by atoms with Crippen molar-refractivity contribution in [1.29, 1.82) is 0 Å². The number of hydrogen-bond acceptors (Lipinski definition) is 4. The van der Waals surface area contributed by atoms with Crippen molar-refractivity contribution in [2.45, 2.75) is 13.3 Å². The van der Waals surface area contributed by atoms with E-state index in [1.807, 2.05) is 19.1 Å². The van der Waals surface area contributed by atoms with E-state index in [-0.39, 0.29) is 6.61 Å². The highest BCUT2D eigenvalue weighted by Crippen LogP contribution is 2.13. The Morgan fingerprint density at radius 2 is 2.14 bits per heavy atom. The highest BCUT2D eigenvalue weighted by molar-refractivity contribution is 7.80. The van der Waals surface area contributed by atoms with Crippen molar-refractivity contribution in [2.24, 2.45) is 5.10 Å². The topological polar surface area (TPSA) is 83.0 Å². The van der Waals surface area contributed by atoms with Crippen LogP contribution in [0, 0.1) is 0 Å². The summed E-state index contributed by atoms with van der Waals surface area (Å²) in [6.45, 7) is 5.78. The fraction of sp³-hybridized carbons (Fsp3) is 0.267. The van der Waals surface area contributed by atoms with Gasteiger partial charge < -0.3 is 15.2 Å². The Kier molecular flexibility index (Phi) is 7.63. The van der Waals surface area contributed by atoms with Crippen LogP contribution in [0.15, 0.2) is 42.0 Å². The van der Waals surface area contributed by atoms with Crippen LogP contribution in [0.25, 0.3) is 0 Å². The average molecular weight is 321 g/mol. The van der Waals surface area contributed by atoms with Gasteiger partial charge in [0.1, 0.15) is 5.75 Å². The molecule has 0 unspecified atom stereocenters. The minimum absolute atomic E-state index is 0.362. The first-order valence-corrected chi connectivity index (χ1v) is 7.14. The van der Waals surface area contributed by atoms with Crippen LogP contribution >= 0.6 is 12.2 Å². The van der Waals surface area contributed by atoms with Gasteiger partial charge in [0.2, 0.25) is 0 Å². The molecule has 0 fully saturated rings. The molecule has 1 aromatic rings. The minimum atomic E-state index is -1.01. The molecule has 0 aliphatic rings. The summed E-state index contributed by atoms with van der Waals surface area (Å²) < 4.78 is 5.08. The molecule has 6 nitrogen and oxygen atoms in total. The number of carboxylic acids is 1. The summed E-state index contributed by atoms with van der Waals surface area (Å²) in [6, 6.07) is 7.05. The molecule has 3 N–H and O–H groups in total. The molecule has 0 heterocycles. The Hall–Kier alpha value is -2.41. The molecular formula is C15H19N3O3S. The van der Waals surface area contributed by atoms with Crippen LogP contribution in [-0.2, 0) is 4.79 Å². The molecule has 22 heavy (non-hydrogen) atoms. The Labute approximate surface area is 134 Å². The zero-order valence-corrected chi connectivity index (χ0v) is 13.2. The number of thiocarbonyl (C=S) groups is 1. The lowest BCUT2D eigenvalue weighted by molar-refractivity contribution is -0.139. The van der Waals surface area contributed by atoms with Gasteiger partial charge in [-0.25, -0.2) is 4.79 Å². The molecule has 0 aliphatic carbocycles. The lowest BCUT2D eigenvalue weighted by Gasteiger charge is -2.09. The minimum Gasteiger partial charge on any atom is -0.482 e. The third-order valence-electron chi connectivity index (χ3n) is 2.58. The SMILES string of the molecule is C=CCNC(=S)N/N=C(/CC)c1ccc(OCC(=O)O)cc1. The number of hydrogen-bond donors (Lipinski definition) is 3. The van der Waals surface area contributed by atoms with Gasteiger partial charge in [-0.15, -0.1) is 6.58 Å². The van der Waals surface area contributed by atoms with E-state index < -0.39 is 5.97 Å². The monoisotopic (exact) mass is 321 g/mol. The maximum Gasteiger partial charge on any atom is 0.341 e. The van der Waals surface area contributed by atoms with Gasteiger partial charge in [0, 0.05) is 6.54 Å². The molecule has 1 rings (SSSR count). The third-order valence-corrected chi connectivity index (χ3v) is 2.82. The molecule has 0 radical (unpaired) electrons. The quantitative estimate of drug-likeness (QED) is 0.294. The number of aliphatic carboxylic acids is 1. The Morgan fingerprint density at radius 1 is 1.45 bits per heavy atom. The Balaban J connectivity index is 2.67. The average Bonchev–Trinajstić information content (AvgIpc) is 2.52. The second-order valence-corrected chi connectivity index (χ2v) is 4.64.